The van der Waals surface area contributed by atoms with Crippen molar-refractivity contribution in [1.29, 1.82) is 0 Å². The lowest BCUT2D eigenvalue weighted by Gasteiger charge is -2.11. The van der Waals surface area contributed by atoms with Gasteiger partial charge in [-0.1, -0.05) is 23.2 Å². The van der Waals surface area contributed by atoms with Crippen molar-refractivity contribution < 1.29 is 22.7 Å². The van der Waals surface area contributed by atoms with Crippen molar-refractivity contribution in [1.82, 2.24) is 19.5 Å². The molecule has 0 bridgehead atoms. The summed E-state index contributed by atoms with van der Waals surface area (Å²) in [4.78, 5) is 24.1. The van der Waals surface area contributed by atoms with Gasteiger partial charge in [0.15, 0.2) is 11.6 Å². The van der Waals surface area contributed by atoms with Gasteiger partial charge in [0, 0.05) is 11.1 Å². The minimum absolute atomic E-state index is 0.0180. The second-order valence-electron chi connectivity index (χ2n) is 6.46. The molecule has 0 radical (unpaired) electrons. The molecule has 4 aromatic rings. The number of fused-ring (bicyclic) bond motifs is 1. The Labute approximate surface area is 188 Å². The van der Waals surface area contributed by atoms with Gasteiger partial charge in [-0.25, -0.2) is 15.0 Å². The molecule has 0 fully saturated rings. The lowest BCUT2D eigenvalue weighted by atomic mass is 10.2. The van der Waals surface area contributed by atoms with Gasteiger partial charge in [0.05, 0.1) is 41.1 Å². The molecular formula is C20H12Cl2F3N5O2. The van der Waals surface area contributed by atoms with Crippen LogP contribution in [0, 0.1) is 0 Å². The lowest BCUT2D eigenvalue weighted by molar-refractivity contribution is -0.145. The van der Waals surface area contributed by atoms with Gasteiger partial charge >= 0.3 is 6.18 Å². The summed E-state index contributed by atoms with van der Waals surface area (Å²) in [6.07, 6.45) is -2.52. The third-order valence-corrected chi connectivity index (χ3v) is 4.95. The van der Waals surface area contributed by atoms with Gasteiger partial charge in [-0.05, 0) is 30.3 Å². The minimum Gasteiger partial charge on any atom is -0.497 e. The summed E-state index contributed by atoms with van der Waals surface area (Å²) in [6.45, 7) is 0. The maximum absolute atomic E-state index is 13.6. The van der Waals surface area contributed by atoms with Gasteiger partial charge in [0.1, 0.15) is 5.75 Å². The summed E-state index contributed by atoms with van der Waals surface area (Å²) in [7, 11) is 1.40. The summed E-state index contributed by atoms with van der Waals surface area (Å²) in [5.41, 5.74) is 0.390. The van der Waals surface area contributed by atoms with Crippen LogP contribution in [0.2, 0.25) is 10.0 Å². The molecule has 1 amide bonds. The Morgan fingerprint density at radius 3 is 2.50 bits per heavy atom. The predicted octanol–water partition coefficient (Wildman–Crippen LogP) is 5.40. The fraction of sp³-hybridized carbons (Fsp3) is 0.100. The summed E-state index contributed by atoms with van der Waals surface area (Å²) >= 11 is 11.8. The molecule has 32 heavy (non-hydrogen) atoms. The van der Waals surface area contributed by atoms with Gasteiger partial charge in [-0.2, -0.15) is 13.2 Å². The number of aromatic nitrogens is 4. The highest BCUT2D eigenvalue weighted by atomic mass is 35.5. The number of alkyl halides is 3. The Morgan fingerprint density at radius 1 is 1.09 bits per heavy atom. The predicted molar refractivity (Wildman–Crippen MR) is 113 cm³/mol. The van der Waals surface area contributed by atoms with Crippen molar-refractivity contribution in [2.45, 2.75) is 6.18 Å². The second kappa shape index (κ2) is 8.29. The molecule has 0 spiro atoms. The highest BCUT2D eigenvalue weighted by Crippen LogP contribution is 2.34. The molecule has 2 aromatic heterocycles. The van der Waals surface area contributed by atoms with Crippen molar-refractivity contribution in [2.75, 3.05) is 12.4 Å². The number of ether oxygens (including phenoxy) is 1. The molecule has 0 aliphatic carbocycles. The summed E-state index contributed by atoms with van der Waals surface area (Å²) in [5.74, 6) is -1.50. The van der Waals surface area contributed by atoms with E-state index in [-0.39, 0.29) is 33.3 Å². The standard InChI is InChI=1S/C20H12Cl2F3N5O2/c1-32-11-3-5-15-14(7-11)28-19(20(23,24)25)30(15)17-9-26-16(8-27-17)29-18(31)12-4-2-10(21)6-13(12)22/h2-9H,1H3,(H,26,29,31). The van der Waals surface area contributed by atoms with E-state index in [2.05, 4.69) is 20.3 Å². The number of nitrogens with one attached hydrogen (secondary N) is 1. The number of benzene rings is 2. The fourth-order valence-corrected chi connectivity index (χ4v) is 3.46. The van der Waals surface area contributed by atoms with Gasteiger partial charge in [0.2, 0.25) is 5.82 Å². The quantitative estimate of drug-likeness (QED) is 0.421. The Bertz CT molecular complexity index is 1320. The molecule has 0 aliphatic rings. The minimum atomic E-state index is -4.74. The number of carbonyl (C=O) groups is 1. The third-order valence-electron chi connectivity index (χ3n) is 4.40. The zero-order valence-corrected chi connectivity index (χ0v) is 17.6. The molecule has 0 saturated heterocycles. The highest BCUT2D eigenvalue weighted by molar-refractivity contribution is 6.37. The van der Waals surface area contributed by atoms with Gasteiger partial charge in [-0.15, -0.1) is 0 Å². The number of anilines is 1. The van der Waals surface area contributed by atoms with E-state index in [9.17, 15) is 18.0 Å². The molecule has 164 valence electrons. The van der Waals surface area contributed by atoms with E-state index in [1.807, 2.05) is 0 Å². The first-order chi connectivity index (χ1) is 15.2. The first-order valence-corrected chi connectivity index (χ1v) is 9.65. The first-order valence-electron chi connectivity index (χ1n) is 8.90. The molecule has 1 N–H and O–H groups in total. The maximum Gasteiger partial charge on any atom is 0.450 e. The summed E-state index contributed by atoms with van der Waals surface area (Å²) in [5, 5.41) is 2.98. The Morgan fingerprint density at radius 2 is 1.88 bits per heavy atom. The zero-order valence-electron chi connectivity index (χ0n) is 16.1. The van der Waals surface area contributed by atoms with Crippen molar-refractivity contribution in [2.24, 2.45) is 0 Å². The number of rotatable bonds is 4. The van der Waals surface area contributed by atoms with E-state index >= 15 is 0 Å². The molecule has 0 aliphatic heterocycles. The number of hydrogen-bond acceptors (Lipinski definition) is 5. The van der Waals surface area contributed by atoms with Crippen LogP contribution in [-0.4, -0.2) is 32.5 Å². The first kappa shape index (κ1) is 21.8. The Hall–Kier alpha value is -3.37. The van der Waals surface area contributed by atoms with E-state index in [1.54, 1.807) is 0 Å². The van der Waals surface area contributed by atoms with E-state index in [1.165, 1.54) is 43.5 Å². The third kappa shape index (κ3) is 4.19. The molecule has 0 saturated carbocycles. The van der Waals surface area contributed by atoms with Crippen molar-refractivity contribution in [3.8, 4) is 11.6 Å². The van der Waals surface area contributed by atoms with E-state index in [4.69, 9.17) is 27.9 Å². The summed E-state index contributed by atoms with van der Waals surface area (Å²) < 4.78 is 46.7. The average molecular weight is 482 g/mol. The number of carbonyl (C=O) groups excluding carboxylic acids is 1. The SMILES string of the molecule is COc1ccc2c(c1)nc(C(F)(F)F)n2-c1cnc(NC(=O)c2ccc(Cl)cc2Cl)cn1. The van der Waals surface area contributed by atoms with E-state index in [0.717, 1.165) is 17.0 Å². The topological polar surface area (TPSA) is 81.9 Å². The molecule has 7 nitrogen and oxygen atoms in total. The molecule has 4 rings (SSSR count). The zero-order chi connectivity index (χ0) is 23.0. The number of halogens is 5. The van der Waals surface area contributed by atoms with Crippen LogP contribution in [0.5, 0.6) is 5.75 Å². The van der Waals surface area contributed by atoms with Crippen LogP contribution in [-0.2, 0) is 6.18 Å². The highest BCUT2D eigenvalue weighted by Gasteiger charge is 2.38. The van der Waals surface area contributed by atoms with Crippen LogP contribution in [0.3, 0.4) is 0 Å². The fourth-order valence-electron chi connectivity index (χ4n) is 2.97. The van der Waals surface area contributed by atoms with Crippen LogP contribution >= 0.6 is 23.2 Å². The molecule has 0 atom stereocenters. The lowest BCUT2D eigenvalue weighted by Crippen LogP contribution is -2.16. The molecule has 12 heteroatoms. The average Bonchev–Trinajstić information content (AvgIpc) is 3.13. The van der Waals surface area contributed by atoms with Crippen LogP contribution in [0.15, 0.2) is 48.8 Å². The molecule has 0 unspecified atom stereocenters. The Kier molecular flexibility index (Phi) is 5.66. The smallest absolute Gasteiger partial charge is 0.450 e. The number of amides is 1. The van der Waals surface area contributed by atoms with Crippen LogP contribution in [0.25, 0.3) is 16.9 Å². The Balaban J connectivity index is 1.69. The number of nitrogens with zero attached hydrogens (tertiary/aromatic N) is 4. The van der Waals surface area contributed by atoms with E-state index < -0.39 is 17.9 Å². The second-order valence-corrected chi connectivity index (χ2v) is 7.30. The van der Waals surface area contributed by atoms with Crippen LogP contribution < -0.4 is 10.1 Å². The van der Waals surface area contributed by atoms with Crippen molar-refractivity contribution in [3.63, 3.8) is 0 Å². The normalized spacial score (nSPS) is 11.6. The molecule has 2 heterocycles. The van der Waals surface area contributed by atoms with Crippen molar-refractivity contribution in [3.05, 3.63) is 70.2 Å². The van der Waals surface area contributed by atoms with E-state index in [0.29, 0.717) is 10.8 Å². The molecular weight excluding hydrogens is 470 g/mol. The maximum atomic E-state index is 13.6. The number of imidazole rings is 1. The van der Waals surface area contributed by atoms with Gasteiger partial charge in [-0.3, -0.25) is 9.36 Å². The van der Waals surface area contributed by atoms with Crippen LogP contribution in [0.4, 0.5) is 19.0 Å². The summed E-state index contributed by atoms with van der Waals surface area (Å²) in [6, 6.07) is 8.68. The molecule has 2 aromatic carbocycles. The largest absolute Gasteiger partial charge is 0.497 e. The number of methoxy groups -OCH3 is 1. The monoisotopic (exact) mass is 481 g/mol. The van der Waals surface area contributed by atoms with Crippen LogP contribution in [0.1, 0.15) is 16.2 Å². The van der Waals surface area contributed by atoms with Crippen molar-refractivity contribution >= 4 is 46.0 Å². The van der Waals surface area contributed by atoms with Gasteiger partial charge < -0.3 is 10.1 Å². The number of hydrogen-bond donors (Lipinski definition) is 1. The van der Waals surface area contributed by atoms with Gasteiger partial charge in [0.25, 0.3) is 5.91 Å².